The smallest absolute Gasteiger partial charge is 0.338 e. The molecule has 3 aromatic heterocycles. The Morgan fingerprint density at radius 2 is 1.86 bits per heavy atom. The highest BCUT2D eigenvalue weighted by molar-refractivity contribution is 6.02. The molecule has 12 nitrogen and oxygen atoms in total. The van der Waals surface area contributed by atoms with Crippen molar-refractivity contribution in [3.63, 3.8) is 0 Å². The first-order valence-electron chi connectivity index (χ1n) is 14.8. The molecule has 5 heterocycles. The van der Waals surface area contributed by atoms with E-state index < -0.39 is 5.97 Å². The van der Waals surface area contributed by atoms with Crippen LogP contribution < -0.4 is 15.5 Å². The molecule has 1 amide bonds. The molecule has 0 spiro atoms. The molecule has 5 aromatic rings. The molecule has 0 saturated carbocycles. The Hall–Kier alpha value is -5.26. The number of benzene rings is 2. The van der Waals surface area contributed by atoms with Crippen LogP contribution in [0, 0.1) is 5.92 Å². The third kappa shape index (κ3) is 5.23. The van der Waals surface area contributed by atoms with Crippen molar-refractivity contribution >= 4 is 40.1 Å². The molecule has 0 radical (unpaired) electrons. The van der Waals surface area contributed by atoms with Gasteiger partial charge in [-0.3, -0.25) is 14.2 Å². The second-order valence-electron chi connectivity index (χ2n) is 11.7. The summed E-state index contributed by atoms with van der Waals surface area (Å²) in [4.78, 5) is 34.2. The fourth-order valence-electron chi connectivity index (χ4n) is 6.23. The number of nitrogens with zero attached hydrogens (tertiary/aromatic N) is 7. The molecular formula is C32H33N9O3. The number of hydrogen-bond acceptors (Lipinski definition) is 8. The predicted octanol–water partition coefficient (Wildman–Crippen LogP) is 4.65. The first kappa shape index (κ1) is 27.6. The normalized spacial score (nSPS) is 17.2. The number of nitrogens with one attached hydrogen (secondary N) is 2. The van der Waals surface area contributed by atoms with E-state index in [1.165, 1.54) is 12.4 Å². The number of aromatic nitrogens is 6. The van der Waals surface area contributed by atoms with E-state index in [-0.39, 0.29) is 17.5 Å². The lowest BCUT2D eigenvalue weighted by molar-refractivity contribution is -0.116. The number of aromatic carboxylic acids is 1. The Labute approximate surface area is 253 Å². The van der Waals surface area contributed by atoms with Gasteiger partial charge in [0.05, 0.1) is 28.7 Å². The van der Waals surface area contributed by atoms with Crippen LogP contribution in [-0.4, -0.2) is 65.6 Å². The number of anilines is 3. The van der Waals surface area contributed by atoms with E-state index in [1.54, 1.807) is 4.68 Å². The fraction of sp³-hybridized carbons (Fsp3) is 0.312. The minimum Gasteiger partial charge on any atom is -0.478 e. The van der Waals surface area contributed by atoms with Crippen LogP contribution in [0.4, 0.5) is 17.3 Å². The monoisotopic (exact) mass is 591 g/mol. The van der Waals surface area contributed by atoms with Gasteiger partial charge in [0.2, 0.25) is 11.9 Å². The molecule has 3 N–H and O–H groups in total. The second kappa shape index (κ2) is 11.1. The number of hydrogen-bond donors (Lipinski definition) is 3. The number of amides is 1. The van der Waals surface area contributed by atoms with Gasteiger partial charge in [0.1, 0.15) is 5.69 Å². The van der Waals surface area contributed by atoms with Crippen molar-refractivity contribution in [1.82, 2.24) is 29.5 Å². The largest absolute Gasteiger partial charge is 0.478 e. The van der Waals surface area contributed by atoms with Crippen LogP contribution in [-0.2, 0) is 18.4 Å². The Bertz CT molecular complexity index is 1870. The summed E-state index contributed by atoms with van der Waals surface area (Å²) in [5.41, 5.74) is 6.75. The predicted molar refractivity (Wildman–Crippen MR) is 168 cm³/mol. The van der Waals surface area contributed by atoms with Crippen LogP contribution >= 0.6 is 0 Å². The number of carbonyl (C=O) groups excluding carboxylic acids is 1. The van der Waals surface area contributed by atoms with E-state index in [1.807, 2.05) is 38.5 Å². The Morgan fingerprint density at radius 1 is 1.07 bits per heavy atom. The van der Waals surface area contributed by atoms with Gasteiger partial charge in [0.15, 0.2) is 0 Å². The summed E-state index contributed by atoms with van der Waals surface area (Å²) < 4.78 is 3.90. The maximum absolute atomic E-state index is 12.4. The molecule has 2 aliphatic rings. The summed E-state index contributed by atoms with van der Waals surface area (Å²) in [6, 6.07) is 12.5. The Morgan fingerprint density at radius 3 is 2.59 bits per heavy atom. The summed E-state index contributed by atoms with van der Waals surface area (Å²) in [5.74, 6) is -0.0522. The lowest BCUT2D eigenvalue weighted by Gasteiger charge is -2.32. The molecular weight excluding hydrogens is 558 g/mol. The average Bonchev–Trinajstić information content (AvgIpc) is 3.56. The van der Waals surface area contributed by atoms with Gasteiger partial charge in [0.25, 0.3) is 0 Å². The van der Waals surface area contributed by atoms with E-state index in [9.17, 15) is 9.59 Å². The number of carboxylic acids is 1. The number of aryl methyl sites for hydroxylation is 1. The standard InChI is InChI=1S/C32H33N9O3/c1-19-12-28(42)37-26-5-3-4-24(30(26)36-19)21-6-7-27-25(13-21)29(23-16-35-39(2)18-23)38-41(27)17-20-8-10-40(11-9-20)32-33-14-22(15-34-32)31(43)44/h3-7,13-16,18-20,36H,8-12,17H2,1-2H3,(H,37,42)(H,43,44)/t19-/m1/s1. The van der Waals surface area contributed by atoms with Crippen molar-refractivity contribution in [3.05, 3.63) is 66.7 Å². The second-order valence-corrected chi connectivity index (χ2v) is 11.7. The molecule has 0 bridgehead atoms. The van der Waals surface area contributed by atoms with Gasteiger partial charge in [-0.15, -0.1) is 0 Å². The quantitative estimate of drug-likeness (QED) is 0.257. The van der Waals surface area contributed by atoms with Crippen LogP contribution in [0.25, 0.3) is 33.3 Å². The number of fused-ring (bicyclic) bond motifs is 2. The van der Waals surface area contributed by atoms with Gasteiger partial charge in [-0.25, -0.2) is 14.8 Å². The summed E-state index contributed by atoms with van der Waals surface area (Å²) in [5, 5.41) is 26.3. The topological polar surface area (TPSA) is 143 Å². The zero-order valence-electron chi connectivity index (χ0n) is 24.6. The van der Waals surface area contributed by atoms with Crippen LogP contribution in [0.3, 0.4) is 0 Å². The number of rotatable bonds is 6. The lowest BCUT2D eigenvalue weighted by Crippen LogP contribution is -2.36. The molecule has 0 aliphatic carbocycles. The molecule has 7 rings (SSSR count). The van der Waals surface area contributed by atoms with Gasteiger partial charge in [-0.05, 0) is 49.4 Å². The van der Waals surface area contributed by atoms with Gasteiger partial charge in [-0.2, -0.15) is 10.2 Å². The van der Waals surface area contributed by atoms with E-state index in [2.05, 4.69) is 59.5 Å². The molecule has 2 aromatic carbocycles. The van der Waals surface area contributed by atoms with Crippen LogP contribution in [0.5, 0.6) is 0 Å². The summed E-state index contributed by atoms with van der Waals surface area (Å²) in [7, 11) is 1.90. The van der Waals surface area contributed by atoms with Crippen molar-refractivity contribution in [2.75, 3.05) is 28.6 Å². The van der Waals surface area contributed by atoms with E-state index in [0.717, 1.165) is 77.1 Å². The van der Waals surface area contributed by atoms with Crippen LogP contribution in [0.1, 0.15) is 36.5 Å². The Balaban J connectivity index is 1.19. The van der Waals surface area contributed by atoms with Crippen molar-refractivity contribution in [2.24, 2.45) is 13.0 Å². The first-order chi connectivity index (χ1) is 21.3. The third-order valence-corrected chi connectivity index (χ3v) is 8.47. The molecule has 0 unspecified atom stereocenters. The zero-order chi connectivity index (χ0) is 30.4. The number of para-hydroxylation sites is 1. The molecule has 1 atom stereocenters. The highest BCUT2D eigenvalue weighted by Gasteiger charge is 2.25. The van der Waals surface area contributed by atoms with Crippen molar-refractivity contribution in [2.45, 2.75) is 38.8 Å². The zero-order valence-corrected chi connectivity index (χ0v) is 24.6. The summed E-state index contributed by atoms with van der Waals surface area (Å²) in [6.07, 6.45) is 8.85. The van der Waals surface area contributed by atoms with Crippen molar-refractivity contribution < 1.29 is 14.7 Å². The lowest BCUT2D eigenvalue weighted by atomic mass is 9.96. The van der Waals surface area contributed by atoms with E-state index in [4.69, 9.17) is 10.2 Å². The number of piperidine rings is 1. The van der Waals surface area contributed by atoms with Crippen LogP contribution in [0.2, 0.25) is 0 Å². The van der Waals surface area contributed by atoms with Crippen LogP contribution in [0.15, 0.2) is 61.2 Å². The van der Waals surface area contributed by atoms with Gasteiger partial charge < -0.3 is 20.6 Å². The third-order valence-electron chi connectivity index (χ3n) is 8.47. The first-order valence-corrected chi connectivity index (χ1v) is 14.8. The van der Waals surface area contributed by atoms with E-state index in [0.29, 0.717) is 18.3 Å². The molecule has 1 saturated heterocycles. The van der Waals surface area contributed by atoms with Crippen molar-refractivity contribution in [3.8, 4) is 22.4 Å². The SMILES string of the molecule is C[C@@H]1CC(=O)Nc2cccc(-c3ccc4c(c3)c(-c3cnn(C)c3)nn4CC3CCN(c4ncc(C(=O)O)cn4)CC3)c2N1. The molecule has 1 fully saturated rings. The van der Waals surface area contributed by atoms with Gasteiger partial charge >= 0.3 is 5.97 Å². The minimum absolute atomic E-state index is 0.00550. The van der Waals surface area contributed by atoms with E-state index >= 15 is 0 Å². The number of carbonyl (C=O) groups is 2. The molecule has 44 heavy (non-hydrogen) atoms. The average molecular weight is 592 g/mol. The summed E-state index contributed by atoms with van der Waals surface area (Å²) >= 11 is 0. The Kier molecular flexibility index (Phi) is 6.96. The van der Waals surface area contributed by atoms with Gasteiger partial charge in [-0.1, -0.05) is 18.2 Å². The molecule has 2 aliphatic heterocycles. The highest BCUT2D eigenvalue weighted by Crippen LogP contribution is 2.39. The minimum atomic E-state index is -1.03. The van der Waals surface area contributed by atoms with Gasteiger partial charge in [0, 0.05) is 74.2 Å². The maximum atomic E-state index is 12.4. The fourth-order valence-corrected chi connectivity index (χ4v) is 6.23. The number of carboxylic acid groups (broad SMARTS) is 1. The molecule has 12 heteroatoms. The van der Waals surface area contributed by atoms with Crippen molar-refractivity contribution in [1.29, 1.82) is 0 Å². The highest BCUT2D eigenvalue weighted by atomic mass is 16.4. The summed E-state index contributed by atoms with van der Waals surface area (Å²) in [6.45, 7) is 4.37. The maximum Gasteiger partial charge on any atom is 0.338 e. The molecule has 224 valence electrons.